The van der Waals surface area contributed by atoms with Crippen LogP contribution in [0.2, 0.25) is 0 Å². The third-order valence-corrected chi connectivity index (χ3v) is 1.62. The number of aromatic nitrogens is 2. The molecule has 0 amide bonds. The van der Waals surface area contributed by atoms with E-state index in [-0.39, 0.29) is 5.75 Å². The van der Waals surface area contributed by atoms with Gasteiger partial charge in [-0.05, 0) is 12.1 Å². The highest BCUT2D eigenvalue weighted by Crippen LogP contribution is 2.19. The van der Waals surface area contributed by atoms with Crippen molar-refractivity contribution < 1.29 is 13.5 Å². The number of benzene rings is 1. The van der Waals surface area contributed by atoms with Crippen molar-refractivity contribution in [3.63, 3.8) is 0 Å². The molecule has 1 heterocycles. The Morgan fingerprint density at radius 1 is 1.38 bits per heavy atom. The topological polar surface area (TPSA) is 37.9 Å². The van der Waals surface area contributed by atoms with E-state index >= 15 is 0 Å². The summed E-state index contributed by atoms with van der Waals surface area (Å²) in [5.74, 6) is 0.131. The van der Waals surface area contributed by atoms with Gasteiger partial charge >= 0.3 is 6.61 Å². The van der Waals surface area contributed by atoms with Crippen molar-refractivity contribution in [1.82, 2.24) is 9.97 Å². The molecule has 0 unspecified atom stereocenters. The van der Waals surface area contributed by atoms with Gasteiger partial charge in [-0.3, -0.25) is 0 Å². The first-order valence-corrected chi connectivity index (χ1v) is 3.63. The predicted octanol–water partition coefficient (Wildman–Crippen LogP) is 2.16. The van der Waals surface area contributed by atoms with Gasteiger partial charge in [0.25, 0.3) is 0 Å². The van der Waals surface area contributed by atoms with E-state index in [4.69, 9.17) is 0 Å². The minimum Gasteiger partial charge on any atom is -0.435 e. The Labute approximate surface area is 72.4 Å². The number of ether oxygens (including phenoxy) is 1. The quantitative estimate of drug-likeness (QED) is 0.776. The van der Waals surface area contributed by atoms with Crippen LogP contribution in [0, 0.1) is 0 Å². The van der Waals surface area contributed by atoms with Crippen LogP contribution in [0.4, 0.5) is 8.78 Å². The molecule has 13 heavy (non-hydrogen) atoms. The summed E-state index contributed by atoms with van der Waals surface area (Å²) in [4.78, 5) is 6.74. The van der Waals surface area contributed by atoms with E-state index in [2.05, 4.69) is 14.7 Å². The Bertz CT molecular complexity index is 413. The highest BCUT2D eigenvalue weighted by atomic mass is 19.3. The van der Waals surface area contributed by atoms with Crippen molar-refractivity contribution in [1.29, 1.82) is 0 Å². The van der Waals surface area contributed by atoms with Gasteiger partial charge in [-0.2, -0.15) is 8.78 Å². The predicted molar refractivity (Wildman–Crippen MR) is 42.7 cm³/mol. The molecule has 1 aromatic heterocycles. The van der Waals surface area contributed by atoms with Crippen molar-refractivity contribution in [3.05, 3.63) is 24.5 Å². The molecule has 0 fully saturated rings. The molecule has 0 aliphatic rings. The third-order valence-electron chi connectivity index (χ3n) is 1.62. The molecule has 2 rings (SSSR count). The van der Waals surface area contributed by atoms with Gasteiger partial charge in [0.15, 0.2) is 0 Å². The van der Waals surface area contributed by atoms with Crippen LogP contribution in [0.25, 0.3) is 11.0 Å². The van der Waals surface area contributed by atoms with Crippen LogP contribution in [0.15, 0.2) is 24.5 Å². The van der Waals surface area contributed by atoms with Crippen molar-refractivity contribution in [2.24, 2.45) is 0 Å². The summed E-state index contributed by atoms with van der Waals surface area (Å²) in [5.41, 5.74) is 1.40. The van der Waals surface area contributed by atoms with E-state index in [0.717, 1.165) is 5.52 Å². The highest BCUT2D eigenvalue weighted by Gasteiger charge is 2.04. The minimum absolute atomic E-state index is 0.131. The minimum atomic E-state index is -2.79. The number of hydrogen-bond donors (Lipinski definition) is 1. The number of fused-ring (bicyclic) bond motifs is 1. The van der Waals surface area contributed by atoms with Crippen molar-refractivity contribution in [2.45, 2.75) is 6.61 Å². The highest BCUT2D eigenvalue weighted by molar-refractivity contribution is 5.75. The van der Waals surface area contributed by atoms with Crippen molar-refractivity contribution in [3.8, 4) is 5.75 Å². The van der Waals surface area contributed by atoms with Gasteiger partial charge in [-0.15, -0.1) is 0 Å². The van der Waals surface area contributed by atoms with Crippen LogP contribution in [0.3, 0.4) is 0 Å². The number of halogens is 2. The SMILES string of the molecule is FC(F)Oc1ccc2nc[nH]c2c1. The molecule has 0 aliphatic heterocycles. The zero-order chi connectivity index (χ0) is 9.26. The summed E-state index contributed by atoms with van der Waals surface area (Å²) in [6, 6.07) is 4.55. The fourth-order valence-corrected chi connectivity index (χ4v) is 1.09. The first-order chi connectivity index (χ1) is 6.25. The molecule has 0 atom stereocenters. The second-order valence-electron chi connectivity index (χ2n) is 2.46. The number of nitrogens with one attached hydrogen (secondary N) is 1. The van der Waals surface area contributed by atoms with Crippen LogP contribution in [0.5, 0.6) is 5.75 Å². The lowest BCUT2D eigenvalue weighted by Crippen LogP contribution is -2.01. The number of rotatable bonds is 2. The normalized spacial score (nSPS) is 11.0. The summed E-state index contributed by atoms with van der Waals surface area (Å²) in [7, 11) is 0. The Balaban J connectivity index is 2.37. The molecular formula is C8H6F2N2O. The molecule has 0 radical (unpaired) electrons. The number of aromatic amines is 1. The van der Waals surface area contributed by atoms with Crippen LogP contribution >= 0.6 is 0 Å². The average molecular weight is 184 g/mol. The Morgan fingerprint density at radius 3 is 3.00 bits per heavy atom. The van der Waals surface area contributed by atoms with Crippen molar-refractivity contribution >= 4 is 11.0 Å². The zero-order valence-electron chi connectivity index (χ0n) is 6.50. The number of alkyl halides is 2. The molecule has 68 valence electrons. The van der Waals surface area contributed by atoms with E-state index in [1.54, 1.807) is 6.07 Å². The second-order valence-corrected chi connectivity index (χ2v) is 2.46. The molecule has 0 spiro atoms. The largest absolute Gasteiger partial charge is 0.435 e. The van der Waals surface area contributed by atoms with Gasteiger partial charge < -0.3 is 9.72 Å². The maximum atomic E-state index is 11.8. The van der Waals surface area contributed by atoms with Gasteiger partial charge in [0, 0.05) is 6.07 Å². The molecule has 1 aromatic carbocycles. The summed E-state index contributed by atoms with van der Waals surface area (Å²) >= 11 is 0. The molecule has 5 heteroatoms. The van der Waals surface area contributed by atoms with E-state index in [0.29, 0.717) is 5.52 Å². The summed E-state index contributed by atoms with van der Waals surface area (Å²) in [6.07, 6.45) is 1.50. The van der Waals surface area contributed by atoms with Crippen LogP contribution in [0.1, 0.15) is 0 Å². The van der Waals surface area contributed by atoms with Crippen LogP contribution < -0.4 is 4.74 Å². The second kappa shape index (κ2) is 3.01. The maximum absolute atomic E-state index is 11.8. The number of hydrogen-bond acceptors (Lipinski definition) is 2. The summed E-state index contributed by atoms with van der Waals surface area (Å²) < 4.78 is 27.8. The smallest absolute Gasteiger partial charge is 0.387 e. The fourth-order valence-electron chi connectivity index (χ4n) is 1.09. The lowest BCUT2D eigenvalue weighted by molar-refractivity contribution is -0.0497. The number of imidazole rings is 1. The fraction of sp³-hybridized carbons (Fsp3) is 0.125. The third kappa shape index (κ3) is 1.58. The molecular weight excluding hydrogens is 178 g/mol. The average Bonchev–Trinajstić information content (AvgIpc) is 2.49. The lowest BCUT2D eigenvalue weighted by atomic mass is 10.3. The molecule has 0 bridgehead atoms. The molecule has 3 nitrogen and oxygen atoms in total. The van der Waals surface area contributed by atoms with Gasteiger partial charge in [-0.25, -0.2) is 4.98 Å². The lowest BCUT2D eigenvalue weighted by Gasteiger charge is -2.02. The molecule has 0 saturated heterocycles. The summed E-state index contributed by atoms with van der Waals surface area (Å²) in [6.45, 7) is -2.79. The van der Waals surface area contributed by atoms with Gasteiger partial charge in [-0.1, -0.05) is 0 Å². The van der Waals surface area contributed by atoms with Gasteiger partial charge in [0.2, 0.25) is 0 Å². The van der Waals surface area contributed by atoms with E-state index in [1.807, 2.05) is 0 Å². The van der Waals surface area contributed by atoms with Gasteiger partial charge in [0.05, 0.1) is 17.4 Å². The Kier molecular flexibility index (Phi) is 1.84. The van der Waals surface area contributed by atoms with Gasteiger partial charge in [0.1, 0.15) is 5.75 Å². The Morgan fingerprint density at radius 2 is 2.23 bits per heavy atom. The monoisotopic (exact) mass is 184 g/mol. The van der Waals surface area contributed by atoms with E-state index in [1.165, 1.54) is 18.5 Å². The maximum Gasteiger partial charge on any atom is 0.387 e. The standard InChI is InChI=1S/C8H6F2N2O/c9-8(10)13-5-1-2-6-7(3-5)12-4-11-6/h1-4,8H,(H,11,12). The Hall–Kier alpha value is -1.65. The van der Waals surface area contributed by atoms with Crippen molar-refractivity contribution in [2.75, 3.05) is 0 Å². The molecule has 0 saturated carbocycles. The van der Waals surface area contributed by atoms with Crippen LogP contribution in [-0.4, -0.2) is 16.6 Å². The number of nitrogens with zero attached hydrogens (tertiary/aromatic N) is 1. The molecule has 2 aromatic rings. The van der Waals surface area contributed by atoms with Crippen LogP contribution in [-0.2, 0) is 0 Å². The zero-order valence-corrected chi connectivity index (χ0v) is 6.50. The first-order valence-electron chi connectivity index (χ1n) is 3.63. The van der Waals surface area contributed by atoms with E-state index in [9.17, 15) is 8.78 Å². The first kappa shape index (κ1) is 7.97. The summed E-state index contributed by atoms with van der Waals surface area (Å²) in [5, 5.41) is 0. The van der Waals surface area contributed by atoms with E-state index < -0.39 is 6.61 Å². The number of H-pyrrole nitrogens is 1. The molecule has 0 aliphatic carbocycles. The molecule has 1 N–H and O–H groups in total.